The first kappa shape index (κ1) is 21.9. The summed E-state index contributed by atoms with van der Waals surface area (Å²) in [5, 5.41) is -0.0231. The van der Waals surface area contributed by atoms with Gasteiger partial charge in [-0.25, -0.2) is 13.2 Å². The second-order valence-electron chi connectivity index (χ2n) is 7.20. The topological polar surface area (TPSA) is 80.8 Å². The molecule has 0 bridgehead atoms. The summed E-state index contributed by atoms with van der Waals surface area (Å²) >= 11 is 6.09. The van der Waals surface area contributed by atoms with E-state index in [0.29, 0.717) is 5.69 Å². The van der Waals surface area contributed by atoms with Gasteiger partial charge in [-0.15, -0.1) is 0 Å². The van der Waals surface area contributed by atoms with Gasteiger partial charge in [0.2, 0.25) is 0 Å². The second-order valence-corrected chi connectivity index (χ2v) is 9.55. The fourth-order valence-corrected chi connectivity index (χ4v) is 3.88. The quantitative estimate of drug-likeness (QED) is 0.657. The first-order valence-electron chi connectivity index (χ1n) is 8.48. The molecule has 0 radical (unpaired) electrons. The Morgan fingerprint density at radius 3 is 2.25 bits per heavy atom. The summed E-state index contributed by atoms with van der Waals surface area (Å²) in [4.78, 5) is 24.0. The normalized spacial score (nSPS) is 11.8. The zero-order valence-corrected chi connectivity index (χ0v) is 17.7. The van der Waals surface area contributed by atoms with Gasteiger partial charge in [-0.05, 0) is 30.3 Å². The summed E-state index contributed by atoms with van der Waals surface area (Å²) in [5.41, 5.74) is -0.207. The van der Waals surface area contributed by atoms with Crippen LogP contribution in [0.3, 0.4) is 0 Å². The first-order chi connectivity index (χ1) is 12.9. The standard InChI is InChI=1S/C20H22ClNO5S/c1-20(2,3)18(23)13-27-19(24)14-10-11-16(21)17(12-14)28(25,26)22(4)15-8-6-5-7-9-15/h5-12H,13H2,1-4H3. The number of anilines is 1. The number of Topliss-reactive ketones (excluding diaryl/α,β-unsaturated/α-hetero) is 1. The third-order valence-electron chi connectivity index (χ3n) is 4.10. The van der Waals surface area contributed by atoms with E-state index in [1.165, 1.54) is 19.2 Å². The molecule has 0 aliphatic carbocycles. The first-order valence-corrected chi connectivity index (χ1v) is 10.3. The fraction of sp³-hybridized carbons (Fsp3) is 0.300. The van der Waals surface area contributed by atoms with Gasteiger partial charge in [0.25, 0.3) is 10.0 Å². The van der Waals surface area contributed by atoms with E-state index in [2.05, 4.69) is 0 Å². The Labute approximate surface area is 170 Å². The van der Waals surface area contributed by atoms with Crippen LogP contribution in [-0.2, 0) is 19.6 Å². The molecule has 2 aromatic rings. The number of rotatable bonds is 6. The number of ketones is 1. The molecule has 0 fully saturated rings. The minimum absolute atomic E-state index is 0.00820. The maximum Gasteiger partial charge on any atom is 0.338 e. The number of esters is 1. The zero-order valence-electron chi connectivity index (χ0n) is 16.1. The molecule has 0 heterocycles. The second kappa shape index (κ2) is 8.32. The van der Waals surface area contributed by atoms with Gasteiger partial charge in [0, 0.05) is 12.5 Å². The van der Waals surface area contributed by atoms with E-state index >= 15 is 0 Å². The number of ether oxygens (including phenoxy) is 1. The van der Waals surface area contributed by atoms with Crippen molar-refractivity contribution in [1.82, 2.24) is 0 Å². The van der Waals surface area contributed by atoms with E-state index < -0.39 is 28.0 Å². The lowest BCUT2D eigenvalue weighted by Crippen LogP contribution is -2.27. The highest BCUT2D eigenvalue weighted by molar-refractivity contribution is 7.93. The van der Waals surface area contributed by atoms with Crippen molar-refractivity contribution in [2.75, 3.05) is 18.0 Å². The SMILES string of the molecule is CN(c1ccccc1)S(=O)(=O)c1cc(C(=O)OCC(=O)C(C)(C)C)ccc1Cl. The van der Waals surface area contributed by atoms with Gasteiger partial charge in [-0.1, -0.05) is 50.6 Å². The van der Waals surface area contributed by atoms with Crippen molar-refractivity contribution in [3.05, 3.63) is 59.1 Å². The molecule has 28 heavy (non-hydrogen) atoms. The van der Waals surface area contributed by atoms with Gasteiger partial charge in [0.1, 0.15) is 4.90 Å². The molecule has 0 unspecified atom stereocenters. The molecule has 0 aromatic heterocycles. The Morgan fingerprint density at radius 1 is 1.07 bits per heavy atom. The molecular formula is C20H22ClNO5S. The third-order valence-corrected chi connectivity index (χ3v) is 6.36. The summed E-state index contributed by atoms with van der Waals surface area (Å²) in [6.07, 6.45) is 0. The molecule has 0 aliphatic heterocycles. The minimum Gasteiger partial charge on any atom is -0.454 e. The van der Waals surface area contributed by atoms with E-state index in [1.807, 2.05) is 0 Å². The van der Waals surface area contributed by atoms with Crippen molar-refractivity contribution >= 4 is 39.1 Å². The van der Waals surface area contributed by atoms with Crippen LogP contribution in [0.2, 0.25) is 5.02 Å². The summed E-state index contributed by atoms with van der Waals surface area (Å²) in [5.74, 6) is -1.04. The molecule has 6 nitrogen and oxygen atoms in total. The van der Waals surface area contributed by atoms with Crippen LogP contribution in [0.25, 0.3) is 0 Å². The van der Waals surface area contributed by atoms with E-state index in [1.54, 1.807) is 51.1 Å². The van der Waals surface area contributed by atoms with Crippen LogP contribution in [-0.4, -0.2) is 33.8 Å². The van der Waals surface area contributed by atoms with Gasteiger partial charge in [-0.3, -0.25) is 9.10 Å². The number of hydrogen-bond acceptors (Lipinski definition) is 5. The molecule has 2 rings (SSSR count). The molecular weight excluding hydrogens is 402 g/mol. The van der Waals surface area contributed by atoms with Crippen molar-refractivity contribution in [3.8, 4) is 0 Å². The lowest BCUT2D eigenvalue weighted by molar-refractivity contribution is -0.129. The highest BCUT2D eigenvalue weighted by Gasteiger charge is 2.27. The van der Waals surface area contributed by atoms with Crippen LogP contribution in [0.4, 0.5) is 5.69 Å². The van der Waals surface area contributed by atoms with Crippen molar-refractivity contribution < 1.29 is 22.7 Å². The maximum absolute atomic E-state index is 13.0. The van der Waals surface area contributed by atoms with E-state index in [4.69, 9.17) is 16.3 Å². The van der Waals surface area contributed by atoms with Crippen LogP contribution < -0.4 is 4.31 Å². The Kier molecular flexibility index (Phi) is 6.52. The summed E-state index contributed by atoms with van der Waals surface area (Å²) < 4.78 is 32.0. The van der Waals surface area contributed by atoms with Crippen LogP contribution in [0.1, 0.15) is 31.1 Å². The monoisotopic (exact) mass is 423 g/mol. The molecule has 2 aromatic carbocycles. The lowest BCUT2D eigenvalue weighted by atomic mass is 9.91. The minimum atomic E-state index is -4.01. The van der Waals surface area contributed by atoms with Crippen molar-refractivity contribution in [1.29, 1.82) is 0 Å². The van der Waals surface area contributed by atoms with E-state index in [9.17, 15) is 18.0 Å². The van der Waals surface area contributed by atoms with Gasteiger partial charge in [0.15, 0.2) is 12.4 Å². The van der Waals surface area contributed by atoms with Crippen molar-refractivity contribution in [2.24, 2.45) is 5.41 Å². The largest absolute Gasteiger partial charge is 0.454 e. The molecule has 0 saturated carbocycles. The van der Waals surface area contributed by atoms with Gasteiger partial charge < -0.3 is 4.74 Å². The van der Waals surface area contributed by atoms with Crippen molar-refractivity contribution in [3.63, 3.8) is 0 Å². The molecule has 0 aliphatic rings. The number of benzene rings is 2. The Morgan fingerprint density at radius 2 is 1.68 bits per heavy atom. The average Bonchev–Trinajstić information content (AvgIpc) is 2.65. The number of carbonyl (C=O) groups is 2. The number of nitrogens with zero attached hydrogens (tertiary/aromatic N) is 1. The predicted molar refractivity (Wildman–Crippen MR) is 108 cm³/mol. The van der Waals surface area contributed by atoms with Crippen molar-refractivity contribution in [2.45, 2.75) is 25.7 Å². The third kappa shape index (κ3) is 4.91. The van der Waals surface area contributed by atoms with E-state index in [0.717, 1.165) is 10.4 Å². The Bertz CT molecular complexity index is 981. The molecule has 150 valence electrons. The number of sulfonamides is 1. The molecule has 0 amide bonds. The number of carbonyl (C=O) groups excluding carboxylic acids is 2. The number of hydrogen-bond donors (Lipinski definition) is 0. The lowest BCUT2D eigenvalue weighted by Gasteiger charge is -2.20. The van der Waals surface area contributed by atoms with Crippen LogP contribution in [0.5, 0.6) is 0 Å². The number of para-hydroxylation sites is 1. The Balaban J connectivity index is 2.30. The Hall–Kier alpha value is -2.38. The molecule has 0 N–H and O–H groups in total. The van der Waals surface area contributed by atoms with Crippen LogP contribution in [0.15, 0.2) is 53.4 Å². The summed E-state index contributed by atoms with van der Waals surface area (Å²) in [6, 6.07) is 12.3. The van der Waals surface area contributed by atoms with Crippen LogP contribution >= 0.6 is 11.6 Å². The average molecular weight is 424 g/mol. The maximum atomic E-state index is 13.0. The van der Waals surface area contributed by atoms with Crippen LogP contribution in [0, 0.1) is 5.41 Å². The predicted octanol–water partition coefficient (Wildman–Crippen LogP) is 3.94. The van der Waals surface area contributed by atoms with Gasteiger partial charge >= 0.3 is 5.97 Å². The summed E-state index contributed by atoms with van der Waals surface area (Å²) in [6.45, 7) is 4.76. The zero-order chi connectivity index (χ0) is 21.1. The highest BCUT2D eigenvalue weighted by Crippen LogP contribution is 2.28. The van der Waals surface area contributed by atoms with Gasteiger partial charge in [-0.2, -0.15) is 0 Å². The molecule has 0 spiro atoms. The summed E-state index contributed by atoms with van der Waals surface area (Å²) in [7, 11) is -2.61. The molecule has 8 heteroatoms. The van der Waals surface area contributed by atoms with E-state index in [-0.39, 0.29) is 21.3 Å². The smallest absolute Gasteiger partial charge is 0.338 e. The van der Waals surface area contributed by atoms with Gasteiger partial charge in [0.05, 0.1) is 16.3 Å². The molecule has 0 atom stereocenters. The molecule has 0 saturated heterocycles. The fourth-order valence-electron chi connectivity index (χ4n) is 2.18. The number of halogens is 1. The highest BCUT2D eigenvalue weighted by atomic mass is 35.5.